The van der Waals surface area contributed by atoms with Crippen LogP contribution in [0, 0.1) is 20.8 Å². The van der Waals surface area contributed by atoms with Crippen molar-refractivity contribution < 1.29 is 13.2 Å². The minimum absolute atomic E-state index is 0.135. The molecule has 1 N–H and O–H groups in total. The second-order valence-corrected chi connectivity index (χ2v) is 9.24. The Hall–Kier alpha value is -2.93. The standard InChI is InChI=1S/C22H25N3O3S/c1-15-10-11-19(29(4,27)28)12-20(15)22(26)23-13-21-16(2)24-25(17(21)3)14-18-8-6-5-7-9-18/h5-12H,13-14H2,1-4H3,(H,23,26). The summed E-state index contributed by atoms with van der Waals surface area (Å²) in [7, 11) is -3.38. The van der Waals surface area contributed by atoms with E-state index in [0.29, 0.717) is 18.7 Å². The zero-order valence-corrected chi connectivity index (χ0v) is 17.9. The van der Waals surface area contributed by atoms with Crippen LogP contribution in [0.4, 0.5) is 0 Å². The molecule has 0 saturated heterocycles. The molecule has 0 fully saturated rings. The third kappa shape index (κ3) is 4.74. The Morgan fingerprint density at radius 2 is 1.76 bits per heavy atom. The lowest BCUT2D eigenvalue weighted by Crippen LogP contribution is -2.24. The number of sulfone groups is 1. The fourth-order valence-corrected chi connectivity index (χ4v) is 3.89. The Kier molecular flexibility index (Phi) is 5.88. The van der Waals surface area contributed by atoms with Gasteiger partial charge in [0.15, 0.2) is 9.84 Å². The molecule has 3 rings (SSSR count). The van der Waals surface area contributed by atoms with Gasteiger partial charge in [0.25, 0.3) is 5.91 Å². The average molecular weight is 412 g/mol. The Bertz CT molecular complexity index is 1150. The van der Waals surface area contributed by atoms with Gasteiger partial charge in [0.2, 0.25) is 0 Å². The summed E-state index contributed by atoms with van der Waals surface area (Å²) >= 11 is 0. The first-order chi connectivity index (χ1) is 13.7. The second-order valence-electron chi connectivity index (χ2n) is 7.22. The van der Waals surface area contributed by atoms with E-state index in [9.17, 15) is 13.2 Å². The number of carbonyl (C=O) groups excluding carboxylic acids is 1. The second kappa shape index (κ2) is 8.21. The molecule has 0 bridgehead atoms. The van der Waals surface area contributed by atoms with Gasteiger partial charge >= 0.3 is 0 Å². The quantitative estimate of drug-likeness (QED) is 0.675. The number of amides is 1. The monoisotopic (exact) mass is 411 g/mol. The first kappa shape index (κ1) is 20.8. The van der Waals surface area contributed by atoms with Gasteiger partial charge in [-0.05, 0) is 44.0 Å². The van der Waals surface area contributed by atoms with Crippen LogP contribution in [-0.4, -0.2) is 30.4 Å². The molecule has 1 amide bonds. The maximum atomic E-state index is 12.7. The number of nitrogens with zero attached hydrogens (tertiary/aromatic N) is 2. The summed E-state index contributed by atoms with van der Waals surface area (Å²) in [4.78, 5) is 12.8. The van der Waals surface area contributed by atoms with E-state index in [1.165, 1.54) is 12.1 Å². The van der Waals surface area contributed by atoms with Crippen LogP contribution >= 0.6 is 0 Å². The molecular formula is C22H25N3O3S. The molecule has 0 unspecified atom stereocenters. The highest BCUT2D eigenvalue weighted by molar-refractivity contribution is 7.90. The van der Waals surface area contributed by atoms with Gasteiger partial charge in [-0.2, -0.15) is 5.10 Å². The van der Waals surface area contributed by atoms with Crippen LogP contribution in [0.1, 0.15) is 38.4 Å². The average Bonchev–Trinajstić information content (AvgIpc) is 2.93. The van der Waals surface area contributed by atoms with E-state index in [1.54, 1.807) is 13.0 Å². The van der Waals surface area contributed by atoms with Crippen LogP contribution in [0.15, 0.2) is 53.4 Å². The topological polar surface area (TPSA) is 81.1 Å². The SMILES string of the molecule is Cc1ccc(S(C)(=O)=O)cc1C(=O)NCc1c(C)nn(Cc2ccccc2)c1C. The molecule has 7 heteroatoms. The molecule has 1 aromatic heterocycles. The number of rotatable bonds is 6. The lowest BCUT2D eigenvalue weighted by atomic mass is 10.1. The highest BCUT2D eigenvalue weighted by Crippen LogP contribution is 2.18. The van der Waals surface area contributed by atoms with Crippen molar-refractivity contribution in [3.05, 3.63) is 82.2 Å². The van der Waals surface area contributed by atoms with Crippen molar-refractivity contribution in [2.75, 3.05) is 6.26 Å². The summed E-state index contributed by atoms with van der Waals surface area (Å²) in [5.41, 5.74) is 5.06. The summed E-state index contributed by atoms with van der Waals surface area (Å²) in [6.07, 6.45) is 1.13. The van der Waals surface area contributed by atoms with E-state index in [1.807, 2.05) is 36.7 Å². The molecule has 0 spiro atoms. The molecule has 0 aliphatic carbocycles. The van der Waals surface area contributed by atoms with Gasteiger partial charge in [-0.25, -0.2) is 8.42 Å². The molecular weight excluding hydrogens is 386 g/mol. The Morgan fingerprint density at radius 3 is 2.41 bits per heavy atom. The van der Waals surface area contributed by atoms with Crippen molar-refractivity contribution >= 4 is 15.7 Å². The van der Waals surface area contributed by atoms with Crippen LogP contribution in [0.25, 0.3) is 0 Å². The first-order valence-electron chi connectivity index (χ1n) is 9.32. The number of hydrogen-bond acceptors (Lipinski definition) is 4. The Labute approximate surface area is 171 Å². The van der Waals surface area contributed by atoms with Crippen molar-refractivity contribution in [1.82, 2.24) is 15.1 Å². The summed E-state index contributed by atoms with van der Waals surface area (Å²) in [6.45, 7) is 6.69. The lowest BCUT2D eigenvalue weighted by molar-refractivity contribution is 0.0950. The minimum Gasteiger partial charge on any atom is -0.348 e. The van der Waals surface area contributed by atoms with E-state index < -0.39 is 9.84 Å². The zero-order valence-electron chi connectivity index (χ0n) is 17.1. The van der Waals surface area contributed by atoms with E-state index in [2.05, 4.69) is 22.5 Å². The van der Waals surface area contributed by atoms with Crippen molar-refractivity contribution in [2.45, 2.75) is 38.8 Å². The van der Waals surface area contributed by atoms with E-state index >= 15 is 0 Å². The van der Waals surface area contributed by atoms with Gasteiger partial charge in [-0.3, -0.25) is 9.48 Å². The van der Waals surface area contributed by atoms with Gasteiger partial charge in [-0.1, -0.05) is 36.4 Å². The summed E-state index contributed by atoms with van der Waals surface area (Å²) in [5, 5.41) is 7.51. The van der Waals surface area contributed by atoms with Crippen LogP contribution in [0.5, 0.6) is 0 Å². The number of aryl methyl sites for hydroxylation is 2. The van der Waals surface area contributed by atoms with Crippen molar-refractivity contribution in [2.24, 2.45) is 0 Å². The molecule has 1 heterocycles. The maximum Gasteiger partial charge on any atom is 0.251 e. The van der Waals surface area contributed by atoms with Crippen LogP contribution in [-0.2, 0) is 22.9 Å². The highest BCUT2D eigenvalue weighted by atomic mass is 32.2. The van der Waals surface area contributed by atoms with Crippen LogP contribution < -0.4 is 5.32 Å². The zero-order chi connectivity index (χ0) is 21.2. The molecule has 29 heavy (non-hydrogen) atoms. The number of aromatic nitrogens is 2. The molecule has 0 aliphatic rings. The molecule has 152 valence electrons. The van der Waals surface area contributed by atoms with Gasteiger partial charge in [0.1, 0.15) is 0 Å². The molecule has 0 aliphatic heterocycles. The molecule has 6 nitrogen and oxygen atoms in total. The van der Waals surface area contributed by atoms with Gasteiger partial charge < -0.3 is 5.32 Å². The van der Waals surface area contributed by atoms with Crippen LogP contribution in [0.2, 0.25) is 0 Å². The summed E-state index contributed by atoms with van der Waals surface area (Å²) in [5.74, 6) is -0.303. The fraction of sp³-hybridized carbons (Fsp3) is 0.273. The third-order valence-electron chi connectivity index (χ3n) is 5.01. The van der Waals surface area contributed by atoms with Gasteiger partial charge in [0.05, 0.1) is 17.1 Å². The Balaban J connectivity index is 1.77. The first-order valence-corrected chi connectivity index (χ1v) is 11.2. The number of hydrogen-bond donors (Lipinski definition) is 1. The minimum atomic E-state index is -3.38. The molecule has 0 saturated carbocycles. The smallest absolute Gasteiger partial charge is 0.251 e. The van der Waals surface area contributed by atoms with Crippen molar-refractivity contribution in [3.63, 3.8) is 0 Å². The molecule has 2 aromatic carbocycles. The van der Waals surface area contributed by atoms with E-state index in [0.717, 1.165) is 34.3 Å². The predicted molar refractivity (Wildman–Crippen MR) is 113 cm³/mol. The molecule has 3 aromatic rings. The van der Waals surface area contributed by atoms with Crippen LogP contribution in [0.3, 0.4) is 0 Å². The van der Waals surface area contributed by atoms with Gasteiger partial charge in [0, 0.05) is 29.6 Å². The summed E-state index contributed by atoms with van der Waals surface area (Å²) in [6, 6.07) is 14.7. The van der Waals surface area contributed by atoms with Crippen molar-refractivity contribution in [3.8, 4) is 0 Å². The number of carbonyl (C=O) groups is 1. The fourth-order valence-electron chi connectivity index (χ4n) is 3.24. The van der Waals surface area contributed by atoms with E-state index in [-0.39, 0.29) is 10.8 Å². The van der Waals surface area contributed by atoms with Gasteiger partial charge in [-0.15, -0.1) is 0 Å². The Morgan fingerprint density at radius 1 is 1.07 bits per heavy atom. The highest BCUT2D eigenvalue weighted by Gasteiger charge is 2.17. The third-order valence-corrected chi connectivity index (χ3v) is 6.12. The van der Waals surface area contributed by atoms with E-state index in [4.69, 9.17) is 0 Å². The predicted octanol–water partition coefficient (Wildman–Crippen LogP) is 3.19. The summed E-state index contributed by atoms with van der Waals surface area (Å²) < 4.78 is 25.5. The normalized spacial score (nSPS) is 11.4. The molecule has 0 atom stereocenters. The number of benzene rings is 2. The lowest BCUT2D eigenvalue weighted by Gasteiger charge is -2.10. The maximum absolute atomic E-state index is 12.7. The largest absolute Gasteiger partial charge is 0.348 e. The molecule has 0 radical (unpaired) electrons. The van der Waals surface area contributed by atoms with Crippen molar-refractivity contribution in [1.29, 1.82) is 0 Å². The number of nitrogens with one attached hydrogen (secondary N) is 1.